The fourth-order valence-corrected chi connectivity index (χ4v) is 0.951. The normalized spacial score (nSPS) is 22.9. The van der Waals surface area contributed by atoms with Gasteiger partial charge in [0.25, 0.3) is 0 Å². The SMILES string of the molecule is CC(=CN)C1=NCC(C)(C)CO1. The van der Waals surface area contributed by atoms with Crippen molar-refractivity contribution in [1.29, 1.82) is 0 Å². The van der Waals surface area contributed by atoms with Gasteiger partial charge in [0, 0.05) is 17.2 Å². The van der Waals surface area contributed by atoms with Crippen LogP contribution in [0.25, 0.3) is 0 Å². The van der Waals surface area contributed by atoms with E-state index in [1.165, 1.54) is 6.20 Å². The molecule has 1 rings (SSSR count). The maximum Gasteiger partial charge on any atom is 0.213 e. The average molecular weight is 168 g/mol. The number of hydrogen-bond acceptors (Lipinski definition) is 3. The van der Waals surface area contributed by atoms with E-state index in [-0.39, 0.29) is 5.41 Å². The summed E-state index contributed by atoms with van der Waals surface area (Å²) in [5.41, 5.74) is 6.42. The van der Waals surface area contributed by atoms with Crippen LogP contribution >= 0.6 is 0 Å². The van der Waals surface area contributed by atoms with Gasteiger partial charge in [0.15, 0.2) is 0 Å². The van der Waals surface area contributed by atoms with Gasteiger partial charge in [-0.15, -0.1) is 0 Å². The summed E-state index contributed by atoms with van der Waals surface area (Å²) in [6, 6.07) is 0. The van der Waals surface area contributed by atoms with Gasteiger partial charge in [-0.05, 0) is 6.92 Å². The lowest BCUT2D eigenvalue weighted by molar-refractivity contribution is 0.157. The summed E-state index contributed by atoms with van der Waals surface area (Å²) in [5.74, 6) is 0.692. The topological polar surface area (TPSA) is 47.6 Å². The van der Waals surface area contributed by atoms with E-state index in [1.807, 2.05) is 6.92 Å². The summed E-state index contributed by atoms with van der Waals surface area (Å²) < 4.78 is 5.45. The maximum atomic E-state index is 5.45. The van der Waals surface area contributed by atoms with Gasteiger partial charge in [-0.1, -0.05) is 13.8 Å². The van der Waals surface area contributed by atoms with Crippen molar-refractivity contribution in [2.24, 2.45) is 16.1 Å². The van der Waals surface area contributed by atoms with E-state index in [2.05, 4.69) is 18.8 Å². The Bertz CT molecular complexity index is 229. The maximum absolute atomic E-state index is 5.45. The first kappa shape index (κ1) is 9.10. The Hall–Kier alpha value is -0.990. The van der Waals surface area contributed by atoms with Crippen LogP contribution in [0.5, 0.6) is 0 Å². The van der Waals surface area contributed by atoms with Crippen molar-refractivity contribution in [2.45, 2.75) is 20.8 Å². The second-order valence-corrected chi connectivity index (χ2v) is 3.92. The molecule has 0 aliphatic carbocycles. The van der Waals surface area contributed by atoms with Gasteiger partial charge in [-0.25, -0.2) is 0 Å². The van der Waals surface area contributed by atoms with Gasteiger partial charge in [0.05, 0.1) is 13.2 Å². The van der Waals surface area contributed by atoms with Crippen molar-refractivity contribution in [1.82, 2.24) is 0 Å². The van der Waals surface area contributed by atoms with Crippen LogP contribution < -0.4 is 5.73 Å². The Morgan fingerprint density at radius 1 is 1.67 bits per heavy atom. The van der Waals surface area contributed by atoms with Gasteiger partial charge < -0.3 is 10.5 Å². The van der Waals surface area contributed by atoms with Crippen molar-refractivity contribution in [3.8, 4) is 0 Å². The van der Waals surface area contributed by atoms with E-state index in [1.54, 1.807) is 0 Å². The highest BCUT2D eigenvalue weighted by Crippen LogP contribution is 2.21. The van der Waals surface area contributed by atoms with Crippen molar-refractivity contribution in [3.63, 3.8) is 0 Å². The van der Waals surface area contributed by atoms with Gasteiger partial charge in [-0.3, -0.25) is 4.99 Å². The molecule has 0 amide bonds. The van der Waals surface area contributed by atoms with E-state index in [4.69, 9.17) is 10.5 Å². The van der Waals surface area contributed by atoms with Gasteiger partial charge in [-0.2, -0.15) is 0 Å². The fraction of sp³-hybridized carbons (Fsp3) is 0.667. The Labute approximate surface area is 73.3 Å². The molecule has 1 aliphatic rings. The second-order valence-electron chi connectivity index (χ2n) is 3.92. The molecular weight excluding hydrogens is 152 g/mol. The molecule has 0 saturated heterocycles. The Balaban J connectivity index is 2.68. The van der Waals surface area contributed by atoms with E-state index in [0.717, 1.165) is 18.7 Å². The summed E-state index contributed by atoms with van der Waals surface area (Å²) in [6.07, 6.45) is 1.52. The Morgan fingerprint density at radius 3 is 2.75 bits per heavy atom. The van der Waals surface area contributed by atoms with Crippen LogP contribution in [0.4, 0.5) is 0 Å². The molecule has 0 fully saturated rings. The third-order valence-electron chi connectivity index (χ3n) is 1.84. The van der Waals surface area contributed by atoms with Crippen molar-refractivity contribution in [3.05, 3.63) is 11.8 Å². The first-order valence-corrected chi connectivity index (χ1v) is 4.11. The molecule has 1 aliphatic heterocycles. The highest BCUT2D eigenvalue weighted by atomic mass is 16.5. The third kappa shape index (κ3) is 2.00. The van der Waals surface area contributed by atoms with Crippen molar-refractivity contribution >= 4 is 5.90 Å². The molecule has 0 aromatic carbocycles. The fourth-order valence-electron chi connectivity index (χ4n) is 0.951. The van der Waals surface area contributed by atoms with Crippen molar-refractivity contribution in [2.75, 3.05) is 13.2 Å². The van der Waals surface area contributed by atoms with Crippen LogP contribution in [0.1, 0.15) is 20.8 Å². The molecule has 0 unspecified atom stereocenters. The molecule has 0 bridgehead atoms. The summed E-state index contributed by atoms with van der Waals surface area (Å²) in [5, 5.41) is 0. The quantitative estimate of drug-likeness (QED) is 0.641. The third-order valence-corrected chi connectivity index (χ3v) is 1.84. The molecule has 68 valence electrons. The summed E-state index contributed by atoms with van der Waals surface area (Å²) in [4.78, 5) is 4.30. The van der Waals surface area contributed by atoms with Gasteiger partial charge >= 0.3 is 0 Å². The molecule has 0 atom stereocenters. The highest BCUT2D eigenvalue weighted by molar-refractivity contribution is 5.93. The van der Waals surface area contributed by atoms with Gasteiger partial charge in [0.1, 0.15) is 0 Å². The predicted molar refractivity (Wildman–Crippen MR) is 50.0 cm³/mol. The Kier molecular flexibility index (Phi) is 2.40. The highest BCUT2D eigenvalue weighted by Gasteiger charge is 2.24. The lowest BCUT2D eigenvalue weighted by Gasteiger charge is -2.28. The second kappa shape index (κ2) is 3.17. The number of aliphatic imine (C=N–C) groups is 1. The number of ether oxygens (including phenoxy) is 1. The van der Waals surface area contributed by atoms with E-state index in [0.29, 0.717) is 5.90 Å². The number of rotatable bonds is 1. The largest absolute Gasteiger partial charge is 0.477 e. The standard InChI is InChI=1S/C9H16N2O/c1-7(4-10)8-11-5-9(2,3)6-12-8/h4H,5-6,10H2,1-3H3. The smallest absolute Gasteiger partial charge is 0.213 e. The zero-order valence-corrected chi connectivity index (χ0v) is 7.92. The molecule has 0 aromatic heterocycles. The van der Waals surface area contributed by atoms with Crippen LogP contribution in [0, 0.1) is 5.41 Å². The van der Waals surface area contributed by atoms with Crippen LogP contribution in [0.15, 0.2) is 16.8 Å². The van der Waals surface area contributed by atoms with E-state index < -0.39 is 0 Å². The molecule has 0 aromatic rings. The molecule has 0 radical (unpaired) electrons. The minimum Gasteiger partial charge on any atom is -0.477 e. The lowest BCUT2D eigenvalue weighted by atomic mass is 9.94. The molecule has 1 heterocycles. The number of hydrogen-bond donors (Lipinski definition) is 1. The van der Waals surface area contributed by atoms with Gasteiger partial charge in [0.2, 0.25) is 5.90 Å². The molecule has 3 heteroatoms. The summed E-state index contributed by atoms with van der Waals surface area (Å²) in [6.45, 7) is 7.70. The molecule has 0 saturated carbocycles. The Morgan fingerprint density at radius 2 is 2.33 bits per heavy atom. The summed E-state index contributed by atoms with van der Waals surface area (Å²) >= 11 is 0. The first-order chi connectivity index (χ1) is 5.55. The van der Waals surface area contributed by atoms with Crippen LogP contribution in [0.2, 0.25) is 0 Å². The molecule has 0 spiro atoms. The minimum absolute atomic E-state index is 0.165. The first-order valence-electron chi connectivity index (χ1n) is 4.11. The monoisotopic (exact) mass is 168 g/mol. The zero-order valence-electron chi connectivity index (χ0n) is 7.92. The predicted octanol–water partition coefficient (Wildman–Crippen LogP) is 1.30. The number of nitrogens with zero attached hydrogens (tertiary/aromatic N) is 1. The van der Waals surface area contributed by atoms with Crippen LogP contribution in [-0.4, -0.2) is 19.0 Å². The molecular formula is C9H16N2O. The number of nitrogens with two attached hydrogens (primary N) is 1. The lowest BCUT2D eigenvalue weighted by Crippen LogP contribution is -2.30. The summed E-state index contributed by atoms with van der Waals surface area (Å²) in [7, 11) is 0. The van der Waals surface area contributed by atoms with E-state index >= 15 is 0 Å². The van der Waals surface area contributed by atoms with Crippen molar-refractivity contribution < 1.29 is 4.74 Å². The molecule has 2 N–H and O–H groups in total. The molecule has 12 heavy (non-hydrogen) atoms. The molecule has 3 nitrogen and oxygen atoms in total. The minimum atomic E-state index is 0.165. The van der Waals surface area contributed by atoms with Crippen LogP contribution in [0.3, 0.4) is 0 Å². The van der Waals surface area contributed by atoms with E-state index in [9.17, 15) is 0 Å². The van der Waals surface area contributed by atoms with Crippen LogP contribution in [-0.2, 0) is 4.74 Å². The zero-order chi connectivity index (χ0) is 9.19. The average Bonchev–Trinajstić information content (AvgIpc) is 2.03.